The number of anilines is 1. The molecule has 3 rings (SSSR count). The highest BCUT2D eigenvalue weighted by Crippen LogP contribution is 2.25. The first-order valence-corrected chi connectivity index (χ1v) is 9.79. The molecule has 0 fully saturated rings. The van der Waals surface area contributed by atoms with Crippen molar-refractivity contribution < 1.29 is 4.79 Å². The second kappa shape index (κ2) is 7.98. The van der Waals surface area contributed by atoms with Crippen molar-refractivity contribution in [1.82, 2.24) is 9.78 Å². The lowest BCUT2D eigenvalue weighted by Crippen LogP contribution is -2.18. The fourth-order valence-corrected chi connectivity index (χ4v) is 3.20. The summed E-state index contributed by atoms with van der Waals surface area (Å²) in [4.78, 5) is 13.0. The minimum atomic E-state index is -0.211. The summed E-state index contributed by atoms with van der Waals surface area (Å²) in [6.45, 7) is 8.58. The summed E-state index contributed by atoms with van der Waals surface area (Å²) in [6.07, 6.45) is 0. The molecule has 0 saturated heterocycles. The predicted octanol–water partition coefficient (Wildman–Crippen LogP) is 6.10. The summed E-state index contributed by atoms with van der Waals surface area (Å²) >= 11 is 12.3. The molecule has 3 aromatic rings. The van der Waals surface area contributed by atoms with Crippen molar-refractivity contribution >= 4 is 34.8 Å². The number of carbonyl (C=O) groups is 1. The molecule has 0 spiro atoms. The zero-order valence-corrected chi connectivity index (χ0v) is 17.9. The van der Waals surface area contributed by atoms with Crippen molar-refractivity contribution in [2.45, 2.75) is 39.7 Å². The SMILES string of the molecule is Cc1ccc(NC(=O)c2cc(C(C)(C)C)nn2Cc2ccc(Cl)cc2Cl)cc1. The highest BCUT2D eigenvalue weighted by Gasteiger charge is 2.23. The predicted molar refractivity (Wildman–Crippen MR) is 116 cm³/mol. The lowest BCUT2D eigenvalue weighted by molar-refractivity contribution is 0.101. The average molecular weight is 416 g/mol. The van der Waals surface area contributed by atoms with Gasteiger partial charge in [0.15, 0.2) is 0 Å². The van der Waals surface area contributed by atoms with Gasteiger partial charge >= 0.3 is 0 Å². The highest BCUT2D eigenvalue weighted by atomic mass is 35.5. The molecular weight excluding hydrogens is 393 g/mol. The maximum atomic E-state index is 13.0. The van der Waals surface area contributed by atoms with Crippen molar-refractivity contribution in [3.05, 3.63) is 81.1 Å². The van der Waals surface area contributed by atoms with Crippen LogP contribution in [0.2, 0.25) is 10.0 Å². The van der Waals surface area contributed by atoms with Crippen LogP contribution in [0.4, 0.5) is 5.69 Å². The molecule has 1 amide bonds. The summed E-state index contributed by atoms with van der Waals surface area (Å²) in [5.41, 5.74) is 3.86. The van der Waals surface area contributed by atoms with Gasteiger partial charge in [-0.1, -0.05) is 67.7 Å². The maximum absolute atomic E-state index is 13.0. The number of amides is 1. The van der Waals surface area contributed by atoms with Gasteiger partial charge in [0.05, 0.1) is 12.2 Å². The third kappa shape index (κ3) is 4.75. The molecule has 1 heterocycles. The minimum Gasteiger partial charge on any atom is -0.321 e. The monoisotopic (exact) mass is 415 g/mol. The Labute approximate surface area is 175 Å². The Kier molecular flexibility index (Phi) is 5.82. The van der Waals surface area contributed by atoms with Crippen molar-refractivity contribution in [3.63, 3.8) is 0 Å². The molecule has 0 atom stereocenters. The van der Waals surface area contributed by atoms with Crippen LogP contribution in [-0.4, -0.2) is 15.7 Å². The van der Waals surface area contributed by atoms with E-state index in [9.17, 15) is 4.79 Å². The molecule has 2 aromatic carbocycles. The van der Waals surface area contributed by atoms with Crippen molar-refractivity contribution in [2.24, 2.45) is 0 Å². The molecule has 0 radical (unpaired) electrons. The van der Waals surface area contributed by atoms with E-state index in [0.717, 1.165) is 22.5 Å². The molecule has 0 aliphatic heterocycles. The fourth-order valence-electron chi connectivity index (χ4n) is 2.73. The molecule has 0 aliphatic carbocycles. The van der Waals surface area contributed by atoms with Gasteiger partial charge in [0.2, 0.25) is 0 Å². The zero-order valence-electron chi connectivity index (χ0n) is 16.4. The molecule has 6 heteroatoms. The summed E-state index contributed by atoms with van der Waals surface area (Å²) < 4.78 is 1.69. The Hall–Kier alpha value is -2.30. The number of nitrogens with one attached hydrogen (secondary N) is 1. The number of halogens is 2. The maximum Gasteiger partial charge on any atom is 0.273 e. The van der Waals surface area contributed by atoms with Crippen LogP contribution >= 0.6 is 23.2 Å². The number of nitrogens with zero attached hydrogens (tertiary/aromatic N) is 2. The van der Waals surface area contributed by atoms with Crippen LogP contribution in [0, 0.1) is 6.92 Å². The van der Waals surface area contributed by atoms with E-state index < -0.39 is 0 Å². The van der Waals surface area contributed by atoms with Gasteiger partial charge in [0.25, 0.3) is 5.91 Å². The topological polar surface area (TPSA) is 46.9 Å². The number of aromatic nitrogens is 2. The minimum absolute atomic E-state index is 0.187. The Balaban J connectivity index is 1.95. The second-order valence-electron chi connectivity index (χ2n) is 7.88. The molecular formula is C22H23Cl2N3O. The summed E-state index contributed by atoms with van der Waals surface area (Å²) in [5.74, 6) is -0.211. The van der Waals surface area contributed by atoms with Crippen LogP contribution < -0.4 is 5.32 Å². The Morgan fingerprint density at radius 1 is 1.07 bits per heavy atom. The van der Waals surface area contributed by atoms with Gasteiger partial charge < -0.3 is 5.32 Å². The van der Waals surface area contributed by atoms with Gasteiger partial charge in [-0.15, -0.1) is 0 Å². The van der Waals surface area contributed by atoms with E-state index in [1.807, 2.05) is 43.3 Å². The molecule has 0 aliphatic rings. The lowest BCUT2D eigenvalue weighted by Gasteiger charge is -2.14. The average Bonchev–Trinajstić information content (AvgIpc) is 3.04. The van der Waals surface area contributed by atoms with Crippen LogP contribution in [0.25, 0.3) is 0 Å². The van der Waals surface area contributed by atoms with Gasteiger partial charge in [-0.25, -0.2) is 0 Å². The summed E-state index contributed by atoms with van der Waals surface area (Å²) in [6, 6.07) is 14.9. The third-order valence-electron chi connectivity index (χ3n) is 4.43. The number of benzene rings is 2. The normalized spacial score (nSPS) is 11.5. The zero-order chi connectivity index (χ0) is 20.5. The van der Waals surface area contributed by atoms with E-state index in [1.54, 1.807) is 16.8 Å². The Morgan fingerprint density at radius 3 is 2.36 bits per heavy atom. The Morgan fingerprint density at radius 2 is 1.75 bits per heavy atom. The molecule has 1 aromatic heterocycles. The quantitative estimate of drug-likeness (QED) is 0.559. The van der Waals surface area contributed by atoms with Gasteiger partial charge in [0, 0.05) is 21.1 Å². The van der Waals surface area contributed by atoms with Crippen LogP contribution in [0.1, 0.15) is 48.1 Å². The lowest BCUT2D eigenvalue weighted by atomic mass is 9.92. The van der Waals surface area contributed by atoms with Gasteiger partial charge in [-0.2, -0.15) is 5.10 Å². The smallest absolute Gasteiger partial charge is 0.273 e. The molecule has 0 unspecified atom stereocenters. The van der Waals surface area contributed by atoms with E-state index in [0.29, 0.717) is 22.3 Å². The molecule has 0 saturated carbocycles. The number of rotatable bonds is 4. The van der Waals surface area contributed by atoms with Crippen LogP contribution in [0.3, 0.4) is 0 Å². The second-order valence-corrected chi connectivity index (χ2v) is 8.72. The van der Waals surface area contributed by atoms with Gasteiger partial charge in [-0.05, 0) is 42.8 Å². The van der Waals surface area contributed by atoms with E-state index in [-0.39, 0.29) is 11.3 Å². The first kappa shape index (κ1) is 20.4. The molecule has 146 valence electrons. The van der Waals surface area contributed by atoms with Crippen LogP contribution in [-0.2, 0) is 12.0 Å². The first-order valence-electron chi connectivity index (χ1n) is 9.04. The van der Waals surface area contributed by atoms with E-state index in [1.165, 1.54) is 0 Å². The summed E-state index contributed by atoms with van der Waals surface area (Å²) in [7, 11) is 0. The standard InChI is InChI=1S/C22H23Cl2N3O/c1-14-5-9-17(10-6-14)25-21(28)19-12-20(22(2,3)4)26-27(19)13-15-7-8-16(23)11-18(15)24/h5-12H,13H2,1-4H3,(H,25,28). The number of aryl methyl sites for hydroxylation is 1. The van der Waals surface area contributed by atoms with Crippen molar-refractivity contribution in [1.29, 1.82) is 0 Å². The molecule has 4 nitrogen and oxygen atoms in total. The summed E-state index contributed by atoms with van der Waals surface area (Å²) in [5, 5.41) is 8.75. The van der Waals surface area contributed by atoms with E-state index in [2.05, 4.69) is 31.2 Å². The molecule has 1 N–H and O–H groups in total. The Bertz CT molecular complexity index is 1000. The molecule has 0 bridgehead atoms. The van der Waals surface area contributed by atoms with Crippen LogP contribution in [0.15, 0.2) is 48.5 Å². The first-order chi connectivity index (χ1) is 13.1. The van der Waals surface area contributed by atoms with Gasteiger partial charge in [0.1, 0.15) is 5.69 Å². The third-order valence-corrected chi connectivity index (χ3v) is 5.01. The van der Waals surface area contributed by atoms with Crippen molar-refractivity contribution in [3.8, 4) is 0 Å². The number of hydrogen-bond acceptors (Lipinski definition) is 2. The highest BCUT2D eigenvalue weighted by molar-refractivity contribution is 6.35. The van der Waals surface area contributed by atoms with Gasteiger partial charge in [-0.3, -0.25) is 9.48 Å². The van der Waals surface area contributed by atoms with E-state index in [4.69, 9.17) is 23.2 Å². The van der Waals surface area contributed by atoms with Crippen molar-refractivity contribution in [2.75, 3.05) is 5.32 Å². The van der Waals surface area contributed by atoms with E-state index >= 15 is 0 Å². The largest absolute Gasteiger partial charge is 0.321 e. The van der Waals surface area contributed by atoms with Crippen LogP contribution in [0.5, 0.6) is 0 Å². The number of hydrogen-bond donors (Lipinski definition) is 1. The number of carbonyl (C=O) groups excluding carboxylic acids is 1. The fraction of sp³-hybridized carbons (Fsp3) is 0.273. The molecule has 28 heavy (non-hydrogen) atoms.